The van der Waals surface area contributed by atoms with Crippen LogP contribution in [0.1, 0.15) is 44.4 Å². The Morgan fingerprint density at radius 3 is 2.58 bits per heavy atom. The highest BCUT2D eigenvalue weighted by Crippen LogP contribution is 2.31. The van der Waals surface area contributed by atoms with Gasteiger partial charge in [0.05, 0.1) is 11.9 Å². The topological polar surface area (TPSA) is 91.6 Å². The average Bonchev–Trinajstić information content (AvgIpc) is 2.87. The maximum Gasteiger partial charge on any atom is 0.274 e. The molecule has 10 heteroatoms. The van der Waals surface area contributed by atoms with E-state index in [4.69, 9.17) is 0 Å². The summed E-state index contributed by atoms with van der Waals surface area (Å²) in [5.74, 6) is -4.74. The van der Waals surface area contributed by atoms with Gasteiger partial charge in [-0.05, 0) is 30.7 Å². The van der Waals surface area contributed by atoms with E-state index < -0.39 is 58.6 Å². The Morgan fingerprint density at radius 1 is 1.23 bits per heavy atom. The third kappa shape index (κ3) is 3.58. The van der Waals surface area contributed by atoms with Gasteiger partial charge in [-0.3, -0.25) is 14.4 Å². The maximum absolute atomic E-state index is 14.0. The van der Waals surface area contributed by atoms with E-state index in [0.29, 0.717) is 5.56 Å². The number of hydrogen-bond acceptors (Lipinski definition) is 4. The second kappa shape index (κ2) is 7.60. The first-order chi connectivity index (χ1) is 14.7. The Morgan fingerprint density at radius 2 is 1.90 bits per heavy atom. The van der Waals surface area contributed by atoms with E-state index in [9.17, 15) is 32.7 Å². The molecule has 2 aromatic rings. The lowest BCUT2D eigenvalue weighted by molar-refractivity contribution is 0.0686. The van der Waals surface area contributed by atoms with Gasteiger partial charge in [-0.15, -0.1) is 0 Å². The van der Waals surface area contributed by atoms with E-state index in [-0.39, 0.29) is 30.8 Å². The van der Waals surface area contributed by atoms with Gasteiger partial charge in [0, 0.05) is 37.8 Å². The molecule has 0 radical (unpaired) electrons. The van der Waals surface area contributed by atoms with Crippen LogP contribution in [0.2, 0.25) is 0 Å². The summed E-state index contributed by atoms with van der Waals surface area (Å²) in [4.78, 5) is 39.1. The number of aromatic nitrogens is 1. The highest BCUT2D eigenvalue weighted by atomic mass is 19.1. The van der Waals surface area contributed by atoms with Crippen molar-refractivity contribution in [3.05, 3.63) is 74.5 Å². The van der Waals surface area contributed by atoms with E-state index in [2.05, 4.69) is 5.32 Å². The van der Waals surface area contributed by atoms with Gasteiger partial charge in [-0.25, -0.2) is 13.2 Å². The lowest BCUT2D eigenvalue weighted by Gasteiger charge is -2.33. The molecule has 2 N–H and O–H groups in total. The zero-order valence-corrected chi connectivity index (χ0v) is 16.4. The standard InChI is InChI=1S/C21H18F3N3O4/c1-10-4-15(23)13(16(24)5-10)7-25-20(30)14-9-27-12-6-11(22)2-3-26(8-12)21(31)17(27)19(29)18(14)28/h4-6,9,12,29H,2-3,7-8H2,1H3,(H,25,30)/t12-/m0/s1. The molecule has 2 aliphatic heterocycles. The van der Waals surface area contributed by atoms with Crippen LogP contribution in [0.5, 0.6) is 5.75 Å². The van der Waals surface area contributed by atoms with Gasteiger partial charge in [0.15, 0.2) is 11.4 Å². The second-order valence-corrected chi connectivity index (χ2v) is 7.55. The number of hydrogen-bond donors (Lipinski definition) is 2. The molecule has 0 unspecified atom stereocenters. The summed E-state index contributed by atoms with van der Waals surface area (Å²) in [5.41, 5.74) is -2.00. The van der Waals surface area contributed by atoms with Gasteiger partial charge in [-0.1, -0.05) is 0 Å². The molecule has 162 valence electrons. The van der Waals surface area contributed by atoms with E-state index in [0.717, 1.165) is 18.3 Å². The minimum atomic E-state index is -1.11. The molecule has 0 saturated carbocycles. The Bertz CT molecular complexity index is 1180. The fourth-order valence-corrected chi connectivity index (χ4v) is 3.82. The molecule has 2 aliphatic rings. The number of carbonyl (C=O) groups excluding carboxylic acids is 2. The Kier molecular flexibility index (Phi) is 5.08. The van der Waals surface area contributed by atoms with Gasteiger partial charge in [0.2, 0.25) is 5.43 Å². The van der Waals surface area contributed by atoms with Crippen LogP contribution in [0.4, 0.5) is 13.2 Å². The van der Waals surface area contributed by atoms with Crippen molar-refractivity contribution in [3.8, 4) is 5.75 Å². The fourth-order valence-electron chi connectivity index (χ4n) is 3.82. The van der Waals surface area contributed by atoms with Gasteiger partial charge in [-0.2, -0.15) is 0 Å². The van der Waals surface area contributed by atoms with Crippen LogP contribution >= 0.6 is 0 Å². The predicted molar refractivity (Wildman–Crippen MR) is 103 cm³/mol. The van der Waals surface area contributed by atoms with Crippen molar-refractivity contribution < 1.29 is 27.9 Å². The normalized spacial score (nSPS) is 17.7. The highest BCUT2D eigenvalue weighted by molar-refractivity contribution is 5.99. The molecule has 31 heavy (non-hydrogen) atoms. The zero-order valence-electron chi connectivity index (χ0n) is 16.4. The number of amides is 2. The largest absolute Gasteiger partial charge is 0.503 e. The number of nitrogens with one attached hydrogen (secondary N) is 1. The number of halogens is 3. The molecular weight excluding hydrogens is 415 g/mol. The van der Waals surface area contributed by atoms with Crippen LogP contribution in [-0.2, 0) is 6.54 Å². The Hall–Kier alpha value is -3.56. The van der Waals surface area contributed by atoms with Gasteiger partial charge >= 0.3 is 0 Å². The number of rotatable bonds is 3. The minimum absolute atomic E-state index is 0.00278. The number of pyridine rings is 1. The van der Waals surface area contributed by atoms with Crippen LogP contribution < -0.4 is 10.7 Å². The second-order valence-electron chi connectivity index (χ2n) is 7.55. The van der Waals surface area contributed by atoms with Crippen molar-refractivity contribution in [2.75, 3.05) is 13.1 Å². The lowest BCUT2D eigenvalue weighted by atomic mass is 10.1. The van der Waals surface area contributed by atoms with Crippen molar-refractivity contribution >= 4 is 11.8 Å². The molecule has 1 aromatic heterocycles. The summed E-state index contributed by atoms with van der Waals surface area (Å²) in [7, 11) is 0. The van der Waals surface area contributed by atoms with Crippen molar-refractivity contribution in [2.45, 2.75) is 25.9 Å². The van der Waals surface area contributed by atoms with Crippen molar-refractivity contribution in [1.82, 2.24) is 14.8 Å². The summed E-state index contributed by atoms with van der Waals surface area (Å²) in [6.45, 7) is 1.19. The summed E-state index contributed by atoms with van der Waals surface area (Å²) < 4.78 is 43.2. The van der Waals surface area contributed by atoms with Gasteiger partial charge < -0.3 is 19.9 Å². The minimum Gasteiger partial charge on any atom is -0.503 e. The number of carbonyl (C=O) groups is 2. The smallest absolute Gasteiger partial charge is 0.274 e. The average molecular weight is 433 g/mol. The van der Waals surface area contributed by atoms with Gasteiger partial charge in [0.25, 0.3) is 11.8 Å². The monoisotopic (exact) mass is 433 g/mol. The maximum atomic E-state index is 14.0. The number of nitrogens with zero attached hydrogens (tertiary/aromatic N) is 2. The predicted octanol–water partition coefficient (Wildman–Crippen LogP) is 2.32. The van der Waals surface area contributed by atoms with Crippen LogP contribution in [-0.4, -0.2) is 39.5 Å². The first-order valence-electron chi connectivity index (χ1n) is 9.53. The molecule has 3 heterocycles. The van der Waals surface area contributed by atoms with E-state index in [1.807, 2.05) is 0 Å². The molecule has 1 aromatic carbocycles. The summed E-state index contributed by atoms with van der Waals surface area (Å²) in [6, 6.07) is 1.49. The number of benzene rings is 1. The van der Waals surface area contributed by atoms with E-state index in [1.54, 1.807) is 0 Å². The van der Waals surface area contributed by atoms with Crippen LogP contribution in [0.15, 0.2) is 35.0 Å². The molecule has 4 rings (SSSR count). The van der Waals surface area contributed by atoms with Crippen LogP contribution in [0.25, 0.3) is 0 Å². The number of aryl methyl sites for hydroxylation is 1. The third-order valence-electron chi connectivity index (χ3n) is 5.41. The SMILES string of the molecule is Cc1cc(F)c(CNC(=O)c2cn3c(c(O)c2=O)C(=O)N2CCC(F)=C[C@H]3C2)c(F)c1. The molecule has 0 fully saturated rings. The van der Waals surface area contributed by atoms with Crippen molar-refractivity contribution in [2.24, 2.45) is 0 Å². The molecule has 0 aliphatic carbocycles. The number of aromatic hydroxyl groups is 1. The highest BCUT2D eigenvalue weighted by Gasteiger charge is 2.36. The van der Waals surface area contributed by atoms with Crippen molar-refractivity contribution in [3.63, 3.8) is 0 Å². The van der Waals surface area contributed by atoms with Crippen molar-refractivity contribution in [1.29, 1.82) is 0 Å². The third-order valence-corrected chi connectivity index (χ3v) is 5.41. The molecule has 2 bridgehead atoms. The summed E-state index contributed by atoms with van der Waals surface area (Å²) >= 11 is 0. The first-order valence-corrected chi connectivity index (χ1v) is 9.53. The molecule has 0 saturated heterocycles. The van der Waals surface area contributed by atoms with E-state index in [1.165, 1.54) is 22.5 Å². The number of fused-ring (bicyclic) bond motifs is 4. The Labute approximate surface area is 174 Å². The fraction of sp³-hybridized carbons (Fsp3) is 0.286. The van der Waals surface area contributed by atoms with Crippen LogP contribution in [0, 0.1) is 18.6 Å². The molecule has 2 amide bonds. The summed E-state index contributed by atoms with van der Waals surface area (Å²) in [5, 5.41) is 12.6. The summed E-state index contributed by atoms with van der Waals surface area (Å²) in [6.07, 6.45) is 2.32. The molecular formula is C21H18F3N3O4. The molecule has 0 spiro atoms. The zero-order chi connectivity index (χ0) is 22.4. The van der Waals surface area contributed by atoms with E-state index >= 15 is 0 Å². The van der Waals surface area contributed by atoms with Crippen LogP contribution in [0.3, 0.4) is 0 Å². The Balaban J connectivity index is 1.70. The quantitative estimate of drug-likeness (QED) is 0.777. The lowest BCUT2D eigenvalue weighted by Crippen LogP contribution is -2.44. The van der Waals surface area contributed by atoms with Gasteiger partial charge in [0.1, 0.15) is 17.2 Å². The molecule has 1 atom stereocenters. The molecule has 7 nitrogen and oxygen atoms in total. The first kappa shape index (κ1) is 20.7.